The van der Waals surface area contributed by atoms with Gasteiger partial charge in [-0.05, 0) is 66.8 Å². The van der Waals surface area contributed by atoms with Crippen molar-refractivity contribution in [1.29, 1.82) is 0 Å². The molecular formula is C29H27Cl2N3O3S. The average Bonchev–Trinajstić information content (AvgIpc) is 3.25. The lowest BCUT2D eigenvalue weighted by molar-refractivity contribution is -0.122. The van der Waals surface area contributed by atoms with E-state index >= 15 is 0 Å². The van der Waals surface area contributed by atoms with Crippen LogP contribution in [0.3, 0.4) is 0 Å². The molecule has 1 atom stereocenters. The minimum Gasteiger partial charge on any atom is -0.454 e. The highest BCUT2D eigenvalue weighted by molar-refractivity contribution is 8.15. The van der Waals surface area contributed by atoms with Crippen LogP contribution < -0.4 is 15.4 Å². The lowest BCUT2D eigenvalue weighted by Gasteiger charge is -2.21. The lowest BCUT2D eigenvalue weighted by atomic mass is 9.84. The summed E-state index contributed by atoms with van der Waals surface area (Å²) in [5, 5.41) is 6.42. The summed E-state index contributed by atoms with van der Waals surface area (Å²) in [7, 11) is 0. The minimum atomic E-state index is -0.575. The molecule has 0 spiro atoms. The zero-order chi connectivity index (χ0) is 26.5. The van der Waals surface area contributed by atoms with Crippen LogP contribution in [0.5, 0.6) is 11.5 Å². The number of hydrogen-bond donors (Lipinski definition) is 2. The molecule has 1 aliphatic heterocycles. The van der Waals surface area contributed by atoms with Gasteiger partial charge >= 0.3 is 0 Å². The van der Waals surface area contributed by atoms with Crippen LogP contribution in [0.15, 0.2) is 71.7 Å². The number of thioether (sulfide) groups is 1. The molecule has 3 aromatic carbocycles. The van der Waals surface area contributed by atoms with Crippen molar-refractivity contribution in [2.45, 2.75) is 49.7 Å². The SMILES string of the molecule is O=C(CC1SC(=Nc2ccc(C3CCCCC3)cc2)NC1=O)Nc1ccccc1Oc1ccc(Cl)cc1Cl. The summed E-state index contributed by atoms with van der Waals surface area (Å²) in [6.07, 6.45) is 6.40. The monoisotopic (exact) mass is 567 g/mol. The molecule has 1 heterocycles. The van der Waals surface area contributed by atoms with E-state index in [-0.39, 0.29) is 18.2 Å². The summed E-state index contributed by atoms with van der Waals surface area (Å²) >= 11 is 13.5. The van der Waals surface area contributed by atoms with Gasteiger partial charge in [0.05, 0.1) is 16.4 Å². The Morgan fingerprint density at radius 3 is 2.53 bits per heavy atom. The van der Waals surface area contributed by atoms with Crippen LogP contribution in [0.25, 0.3) is 0 Å². The number of nitrogens with zero attached hydrogens (tertiary/aromatic N) is 1. The van der Waals surface area contributed by atoms with Crippen LogP contribution >= 0.6 is 35.0 Å². The zero-order valence-corrected chi connectivity index (χ0v) is 22.9. The predicted octanol–water partition coefficient (Wildman–Crippen LogP) is 8.08. The molecule has 3 aromatic rings. The quantitative estimate of drug-likeness (QED) is 0.302. The van der Waals surface area contributed by atoms with E-state index in [9.17, 15) is 9.59 Å². The molecule has 2 N–H and O–H groups in total. The molecule has 1 unspecified atom stereocenters. The Labute approximate surface area is 236 Å². The van der Waals surface area contributed by atoms with Gasteiger partial charge in [0, 0.05) is 11.4 Å². The number of aliphatic imine (C=N–C) groups is 1. The molecule has 9 heteroatoms. The number of anilines is 1. The number of ether oxygens (including phenoxy) is 1. The predicted molar refractivity (Wildman–Crippen MR) is 155 cm³/mol. The Morgan fingerprint density at radius 2 is 1.76 bits per heavy atom. The van der Waals surface area contributed by atoms with Gasteiger partial charge in [-0.25, -0.2) is 4.99 Å². The second kappa shape index (κ2) is 12.2. The first kappa shape index (κ1) is 26.6. The largest absolute Gasteiger partial charge is 0.454 e. The van der Waals surface area contributed by atoms with E-state index in [1.165, 1.54) is 49.4 Å². The number of halogens is 2. The number of hydrogen-bond acceptors (Lipinski definition) is 5. The van der Waals surface area contributed by atoms with Crippen molar-refractivity contribution < 1.29 is 14.3 Å². The zero-order valence-electron chi connectivity index (χ0n) is 20.6. The Kier molecular flexibility index (Phi) is 8.57. The summed E-state index contributed by atoms with van der Waals surface area (Å²) in [4.78, 5) is 30.0. The molecule has 0 radical (unpaired) electrons. The van der Waals surface area contributed by atoms with E-state index in [0.29, 0.717) is 38.3 Å². The Bertz CT molecular complexity index is 1360. The van der Waals surface area contributed by atoms with Crippen LogP contribution in [0.4, 0.5) is 11.4 Å². The van der Waals surface area contributed by atoms with E-state index in [1.54, 1.807) is 42.5 Å². The second-order valence-corrected chi connectivity index (χ2v) is 11.4. The van der Waals surface area contributed by atoms with Crippen LogP contribution in [-0.4, -0.2) is 22.2 Å². The molecule has 1 saturated heterocycles. The van der Waals surface area contributed by atoms with Gasteiger partial charge in [0.2, 0.25) is 11.8 Å². The second-order valence-electron chi connectivity index (χ2n) is 9.36. The first-order valence-electron chi connectivity index (χ1n) is 12.6. The summed E-state index contributed by atoms with van der Waals surface area (Å²) in [5.41, 5.74) is 2.61. The van der Waals surface area contributed by atoms with Gasteiger partial charge in [-0.15, -0.1) is 0 Å². The maximum Gasteiger partial charge on any atom is 0.240 e. The molecule has 2 fully saturated rings. The lowest BCUT2D eigenvalue weighted by Crippen LogP contribution is -2.28. The summed E-state index contributed by atoms with van der Waals surface area (Å²) in [6, 6.07) is 20.2. The number of para-hydroxylation sites is 2. The van der Waals surface area contributed by atoms with Crippen molar-refractivity contribution in [1.82, 2.24) is 5.32 Å². The highest BCUT2D eigenvalue weighted by atomic mass is 35.5. The highest BCUT2D eigenvalue weighted by Crippen LogP contribution is 2.36. The van der Waals surface area contributed by atoms with E-state index in [4.69, 9.17) is 27.9 Å². The van der Waals surface area contributed by atoms with Crippen molar-refractivity contribution >= 4 is 63.3 Å². The smallest absolute Gasteiger partial charge is 0.240 e. The third-order valence-electron chi connectivity index (χ3n) is 6.62. The summed E-state index contributed by atoms with van der Waals surface area (Å²) in [5.74, 6) is 0.922. The van der Waals surface area contributed by atoms with E-state index in [1.807, 2.05) is 12.1 Å². The fraction of sp³-hybridized carbons (Fsp3) is 0.276. The number of amidine groups is 1. The molecule has 196 valence electrons. The van der Waals surface area contributed by atoms with Crippen LogP contribution in [0.1, 0.15) is 50.0 Å². The van der Waals surface area contributed by atoms with Gasteiger partial charge in [0.1, 0.15) is 11.0 Å². The Hall–Kier alpha value is -3.00. The maximum atomic E-state index is 12.8. The first-order chi connectivity index (χ1) is 18.4. The molecule has 2 aliphatic rings. The fourth-order valence-electron chi connectivity index (χ4n) is 4.67. The molecule has 0 aromatic heterocycles. The number of amides is 2. The molecule has 6 nitrogen and oxygen atoms in total. The Morgan fingerprint density at radius 1 is 1.00 bits per heavy atom. The van der Waals surface area contributed by atoms with Gasteiger partial charge in [-0.2, -0.15) is 0 Å². The standard InChI is InChI=1S/C29H27Cl2N3O3S/c30-20-12-15-24(22(31)16-20)37-25-9-5-4-8-23(25)33-27(35)17-26-28(36)34-29(38-26)32-21-13-10-19(11-14-21)18-6-2-1-3-7-18/h4-5,8-16,18,26H,1-3,6-7,17H2,(H,33,35)(H,32,34,36). The number of nitrogens with one attached hydrogen (secondary N) is 2. The van der Waals surface area contributed by atoms with Gasteiger partial charge in [0.25, 0.3) is 0 Å². The van der Waals surface area contributed by atoms with Gasteiger partial charge in [0.15, 0.2) is 10.9 Å². The molecule has 38 heavy (non-hydrogen) atoms. The number of carbonyl (C=O) groups is 2. The van der Waals surface area contributed by atoms with Crippen molar-refractivity contribution in [3.05, 3.63) is 82.3 Å². The molecule has 1 saturated carbocycles. The minimum absolute atomic E-state index is 0.00776. The topological polar surface area (TPSA) is 79.8 Å². The molecule has 1 aliphatic carbocycles. The van der Waals surface area contributed by atoms with Crippen LogP contribution in [0.2, 0.25) is 10.0 Å². The normalized spacial score (nSPS) is 18.8. The summed E-state index contributed by atoms with van der Waals surface area (Å²) in [6.45, 7) is 0. The molecule has 5 rings (SSSR count). The van der Waals surface area contributed by atoms with E-state index in [2.05, 4.69) is 27.8 Å². The van der Waals surface area contributed by atoms with Crippen LogP contribution in [0, 0.1) is 0 Å². The number of benzene rings is 3. The molecule has 2 amide bonds. The van der Waals surface area contributed by atoms with Gasteiger partial charge in [-0.3, -0.25) is 9.59 Å². The van der Waals surface area contributed by atoms with Gasteiger partial charge < -0.3 is 15.4 Å². The Balaban J connectivity index is 1.19. The number of rotatable bonds is 7. The summed E-state index contributed by atoms with van der Waals surface area (Å²) < 4.78 is 5.91. The van der Waals surface area contributed by atoms with Crippen molar-refractivity contribution in [3.8, 4) is 11.5 Å². The van der Waals surface area contributed by atoms with Crippen LogP contribution in [-0.2, 0) is 9.59 Å². The van der Waals surface area contributed by atoms with Gasteiger partial charge in [-0.1, -0.05) is 78.5 Å². The average molecular weight is 569 g/mol. The first-order valence-corrected chi connectivity index (χ1v) is 14.3. The molecular weight excluding hydrogens is 541 g/mol. The van der Waals surface area contributed by atoms with Crippen molar-refractivity contribution in [2.24, 2.45) is 4.99 Å². The third kappa shape index (κ3) is 6.70. The maximum absolute atomic E-state index is 12.8. The highest BCUT2D eigenvalue weighted by Gasteiger charge is 2.32. The van der Waals surface area contributed by atoms with Crippen molar-refractivity contribution in [3.63, 3.8) is 0 Å². The van der Waals surface area contributed by atoms with Crippen molar-refractivity contribution in [2.75, 3.05) is 5.32 Å². The number of carbonyl (C=O) groups excluding carboxylic acids is 2. The molecule has 0 bridgehead atoms. The van der Waals surface area contributed by atoms with E-state index in [0.717, 1.165) is 5.69 Å². The fourth-order valence-corrected chi connectivity index (χ4v) is 6.11. The van der Waals surface area contributed by atoms with E-state index < -0.39 is 5.25 Å². The third-order valence-corrected chi connectivity index (χ3v) is 8.23.